The molecular weight excluding hydrogens is 324 g/mol. The van der Waals surface area contributed by atoms with Crippen LogP contribution in [-0.4, -0.2) is 18.4 Å². The molecule has 0 unspecified atom stereocenters. The average Bonchev–Trinajstić information content (AvgIpc) is 2.59. The van der Waals surface area contributed by atoms with Gasteiger partial charge in [-0.3, -0.25) is 9.59 Å². The fourth-order valence-corrected chi connectivity index (χ4v) is 2.97. The molecule has 0 aromatic heterocycles. The van der Waals surface area contributed by atoms with Gasteiger partial charge in [-0.25, -0.2) is 0 Å². The van der Waals surface area contributed by atoms with Crippen LogP contribution < -0.4 is 10.6 Å². The van der Waals surface area contributed by atoms with E-state index in [0.29, 0.717) is 12.2 Å². The predicted octanol–water partition coefficient (Wildman–Crippen LogP) is 5.18. The fraction of sp³-hybridized carbons (Fsp3) is 0.636. The lowest BCUT2D eigenvalue weighted by atomic mass is 9.86. The van der Waals surface area contributed by atoms with E-state index in [1.807, 2.05) is 24.3 Å². The number of amides is 2. The molecular formula is C22H36N2O2. The Bertz CT molecular complexity index is 562. The number of rotatable bonds is 10. The lowest BCUT2D eigenvalue weighted by molar-refractivity contribution is -0.136. The second kappa shape index (κ2) is 11.7. The van der Waals surface area contributed by atoms with E-state index < -0.39 is 11.8 Å². The highest BCUT2D eigenvalue weighted by molar-refractivity contribution is 6.39. The lowest BCUT2D eigenvalue weighted by Crippen LogP contribution is -2.36. The van der Waals surface area contributed by atoms with E-state index in [1.54, 1.807) is 0 Å². The highest BCUT2D eigenvalue weighted by atomic mass is 16.2. The molecule has 0 spiro atoms. The minimum Gasteiger partial charge on any atom is -0.348 e. The highest BCUT2D eigenvalue weighted by Crippen LogP contribution is 2.29. The third-order valence-corrected chi connectivity index (χ3v) is 4.51. The molecule has 0 aliphatic carbocycles. The van der Waals surface area contributed by atoms with E-state index >= 15 is 0 Å². The van der Waals surface area contributed by atoms with Crippen LogP contribution in [-0.2, 0) is 15.0 Å². The van der Waals surface area contributed by atoms with Crippen molar-refractivity contribution in [3.8, 4) is 0 Å². The van der Waals surface area contributed by atoms with Crippen LogP contribution >= 0.6 is 0 Å². The normalized spacial score (nSPS) is 11.2. The standard InChI is InChI=1S/C22H36N2O2/c1-5-6-7-8-9-10-11-14-17-23-20(25)21(26)24-19-16-13-12-15-18(19)22(2,3)4/h12-13,15-16H,5-11,14,17H2,1-4H3,(H,23,25)(H,24,26). The molecule has 0 radical (unpaired) electrons. The summed E-state index contributed by atoms with van der Waals surface area (Å²) in [5.74, 6) is -1.15. The number of anilines is 1. The predicted molar refractivity (Wildman–Crippen MR) is 109 cm³/mol. The van der Waals surface area contributed by atoms with Crippen LogP contribution in [0.5, 0.6) is 0 Å². The zero-order chi connectivity index (χ0) is 19.4. The molecule has 0 saturated heterocycles. The molecule has 4 nitrogen and oxygen atoms in total. The second-order valence-electron chi connectivity index (χ2n) is 7.98. The minimum absolute atomic E-state index is 0.0997. The van der Waals surface area contributed by atoms with Crippen LogP contribution in [0.2, 0.25) is 0 Å². The molecule has 0 heterocycles. The van der Waals surface area contributed by atoms with Gasteiger partial charge in [0.05, 0.1) is 0 Å². The Morgan fingerprint density at radius 1 is 0.846 bits per heavy atom. The van der Waals surface area contributed by atoms with Gasteiger partial charge >= 0.3 is 11.8 Å². The summed E-state index contributed by atoms with van der Waals surface area (Å²) in [6.07, 6.45) is 9.70. The summed E-state index contributed by atoms with van der Waals surface area (Å²) in [7, 11) is 0. The third-order valence-electron chi connectivity index (χ3n) is 4.51. The average molecular weight is 361 g/mol. The van der Waals surface area contributed by atoms with Gasteiger partial charge in [0.15, 0.2) is 0 Å². The second-order valence-corrected chi connectivity index (χ2v) is 7.98. The molecule has 1 aromatic rings. The van der Waals surface area contributed by atoms with E-state index in [4.69, 9.17) is 0 Å². The molecule has 0 fully saturated rings. The Hall–Kier alpha value is -1.84. The number of unbranched alkanes of at least 4 members (excludes halogenated alkanes) is 7. The zero-order valence-corrected chi connectivity index (χ0v) is 17.0. The number of benzene rings is 1. The maximum Gasteiger partial charge on any atom is 0.313 e. The van der Waals surface area contributed by atoms with Gasteiger partial charge in [-0.1, -0.05) is 90.8 Å². The van der Waals surface area contributed by atoms with Crippen molar-refractivity contribution in [2.45, 2.75) is 84.5 Å². The smallest absolute Gasteiger partial charge is 0.313 e. The van der Waals surface area contributed by atoms with Gasteiger partial charge in [-0.05, 0) is 23.5 Å². The van der Waals surface area contributed by atoms with Crippen LogP contribution in [0, 0.1) is 0 Å². The van der Waals surface area contributed by atoms with Gasteiger partial charge < -0.3 is 10.6 Å². The Morgan fingerprint density at radius 2 is 1.42 bits per heavy atom. The maximum atomic E-state index is 12.1. The lowest BCUT2D eigenvalue weighted by Gasteiger charge is -2.22. The molecule has 1 rings (SSSR count). The first-order chi connectivity index (χ1) is 12.4. The highest BCUT2D eigenvalue weighted by Gasteiger charge is 2.20. The molecule has 0 atom stereocenters. The van der Waals surface area contributed by atoms with E-state index in [9.17, 15) is 9.59 Å². The largest absolute Gasteiger partial charge is 0.348 e. The van der Waals surface area contributed by atoms with Crippen molar-refractivity contribution < 1.29 is 9.59 Å². The van der Waals surface area contributed by atoms with Crippen LogP contribution in [0.1, 0.15) is 84.6 Å². The molecule has 0 saturated carbocycles. The fourth-order valence-electron chi connectivity index (χ4n) is 2.97. The molecule has 1 aromatic carbocycles. The molecule has 0 aliphatic rings. The summed E-state index contributed by atoms with van der Waals surface area (Å²) in [5, 5.41) is 5.47. The van der Waals surface area contributed by atoms with Crippen LogP contribution in [0.15, 0.2) is 24.3 Å². The van der Waals surface area contributed by atoms with Crippen molar-refractivity contribution in [3.05, 3.63) is 29.8 Å². The van der Waals surface area contributed by atoms with Crippen LogP contribution in [0.4, 0.5) is 5.69 Å². The molecule has 146 valence electrons. The van der Waals surface area contributed by atoms with Crippen molar-refractivity contribution in [3.63, 3.8) is 0 Å². The minimum atomic E-state index is -0.596. The summed E-state index contributed by atoms with van der Waals surface area (Å²) in [5.41, 5.74) is 1.62. The summed E-state index contributed by atoms with van der Waals surface area (Å²) < 4.78 is 0. The van der Waals surface area contributed by atoms with Gasteiger partial charge in [0.2, 0.25) is 0 Å². The Balaban J connectivity index is 2.29. The van der Waals surface area contributed by atoms with Gasteiger partial charge in [-0.2, -0.15) is 0 Å². The first-order valence-electron chi connectivity index (χ1n) is 10.0. The number of hydrogen-bond donors (Lipinski definition) is 2. The van der Waals surface area contributed by atoms with Crippen molar-refractivity contribution in [1.82, 2.24) is 5.32 Å². The van der Waals surface area contributed by atoms with Crippen LogP contribution in [0.3, 0.4) is 0 Å². The van der Waals surface area contributed by atoms with Gasteiger partial charge in [-0.15, -0.1) is 0 Å². The maximum absolute atomic E-state index is 12.1. The number of carbonyl (C=O) groups excluding carboxylic acids is 2. The SMILES string of the molecule is CCCCCCCCCCNC(=O)C(=O)Nc1ccccc1C(C)(C)C. The number of nitrogens with one attached hydrogen (secondary N) is 2. The van der Waals surface area contributed by atoms with E-state index in [0.717, 1.165) is 18.4 Å². The van der Waals surface area contributed by atoms with E-state index in [-0.39, 0.29) is 5.41 Å². The zero-order valence-electron chi connectivity index (χ0n) is 17.0. The Kier molecular flexibility index (Phi) is 10.0. The topological polar surface area (TPSA) is 58.2 Å². The van der Waals surface area contributed by atoms with Crippen molar-refractivity contribution in [2.24, 2.45) is 0 Å². The molecule has 0 bridgehead atoms. The number of carbonyl (C=O) groups is 2. The summed E-state index contributed by atoms with van der Waals surface area (Å²) in [4.78, 5) is 24.1. The van der Waals surface area contributed by atoms with Gasteiger partial charge in [0.25, 0.3) is 0 Å². The summed E-state index contributed by atoms with van der Waals surface area (Å²) in [6.45, 7) is 9.03. The Labute approximate surface area is 159 Å². The Morgan fingerprint density at radius 3 is 2.04 bits per heavy atom. The first kappa shape index (κ1) is 22.2. The van der Waals surface area contributed by atoms with Gasteiger partial charge in [0, 0.05) is 12.2 Å². The van der Waals surface area contributed by atoms with E-state index in [1.165, 1.54) is 38.5 Å². The molecule has 4 heteroatoms. The number of hydrogen-bond acceptors (Lipinski definition) is 2. The monoisotopic (exact) mass is 360 g/mol. The van der Waals surface area contributed by atoms with Gasteiger partial charge in [0.1, 0.15) is 0 Å². The number of para-hydroxylation sites is 1. The quantitative estimate of drug-likeness (QED) is 0.446. The third kappa shape index (κ3) is 8.50. The summed E-state index contributed by atoms with van der Waals surface area (Å²) in [6, 6.07) is 7.63. The van der Waals surface area contributed by atoms with Crippen LogP contribution in [0.25, 0.3) is 0 Å². The molecule has 26 heavy (non-hydrogen) atoms. The van der Waals surface area contributed by atoms with E-state index in [2.05, 4.69) is 38.3 Å². The summed E-state index contributed by atoms with van der Waals surface area (Å²) >= 11 is 0. The molecule has 0 aliphatic heterocycles. The molecule has 2 amide bonds. The first-order valence-corrected chi connectivity index (χ1v) is 10.0. The molecule has 2 N–H and O–H groups in total. The van der Waals surface area contributed by atoms with Crippen molar-refractivity contribution in [2.75, 3.05) is 11.9 Å². The van der Waals surface area contributed by atoms with Crippen molar-refractivity contribution >= 4 is 17.5 Å². The van der Waals surface area contributed by atoms with Crippen molar-refractivity contribution in [1.29, 1.82) is 0 Å².